The number of methoxy groups -OCH3 is 2. The van der Waals surface area contributed by atoms with Gasteiger partial charge < -0.3 is 19.1 Å². The Hall–Kier alpha value is -3.14. The number of nitrogens with zero attached hydrogens (tertiary/aromatic N) is 2. The maximum absolute atomic E-state index is 9.67. The van der Waals surface area contributed by atoms with Gasteiger partial charge in [0.15, 0.2) is 12.3 Å². The van der Waals surface area contributed by atoms with Crippen molar-refractivity contribution in [1.29, 1.82) is 0 Å². The molecule has 0 spiro atoms. The molecule has 3 aliphatic rings. The van der Waals surface area contributed by atoms with E-state index in [0.29, 0.717) is 13.2 Å². The SMILES string of the molecule is COCCN1C(=CC=C2CCCC(C=CC3=[N+](CCOC)c4ccccc4C3(C)C)=C2Cl)C(C)(C)c2ccccc21.FB(F)F.[F-]. The molecule has 1 aliphatic carbocycles. The highest BCUT2D eigenvalue weighted by atomic mass is 35.5. The predicted octanol–water partition coefficient (Wildman–Crippen LogP) is 6.08. The zero-order valence-corrected chi connectivity index (χ0v) is 28.3. The lowest BCUT2D eigenvalue weighted by Gasteiger charge is -2.27. The molecule has 2 aromatic rings. The Morgan fingerprint density at radius 3 is 2.17 bits per heavy atom. The maximum atomic E-state index is 9.67. The average molecular weight is 659 g/mol. The Morgan fingerprint density at radius 1 is 0.870 bits per heavy atom. The van der Waals surface area contributed by atoms with Gasteiger partial charge in [0, 0.05) is 60.3 Å². The second-order valence-corrected chi connectivity index (χ2v) is 12.9. The van der Waals surface area contributed by atoms with Gasteiger partial charge in [0.25, 0.3) is 0 Å². The van der Waals surface area contributed by atoms with Gasteiger partial charge in [0.05, 0.1) is 12.0 Å². The van der Waals surface area contributed by atoms with Gasteiger partial charge in [-0.15, -0.1) is 0 Å². The minimum Gasteiger partial charge on any atom is -1.00 e. The fourth-order valence-electron chi connectivity index (χ4n) is 6.70. The van der Waals surface area contributed by atoms with Crippen molar-refractivity contribution in [3.8, 4) is 0 Å². The smallest absolute Gasteiger partial charge is 0.762 e. The van der Waals surface area contributed by atoms with Crippen LogP contribution in [-0.2, 0) is 20.3 Å². The standard InChI is InChI=1S/C36H44ClN2O2.BF3.FH/c1-35(2)28-14-7-9-16-30(28)38(22-24-40-5)32(35)20-18-26-12-11-13-27(34(26)37)19-21-33-36(3,4)29-15-8-10-17-31(29)39(33)23-25-41-6;2-1(3)4;/h7-10,14-21H,11-13,22-25H2,1-6H3;;1H/q+1;;/p-1. The fraction of sp³-hybridized carbons (Fsp3) is 0.417. The molecule has 0 N–H and O–H groups in total. The lowest BCUT2D eigenvalue weighted by Crippen LogP contribution is -3.00. The molecule has 5 rings (SSSR count). The summed E-state index contributed by atoms with van der Waals surface area (Å²) in [6, 6.07) is 17.4. The summed E-state index contributed by atoms with van der Waals surface area (Å²) in [7, 11) is -0.138. The number of halogens is 5. The van der Waals surface area contributed by atoms with E-state index in [-0.39, 0.29) is 15.5 Å². The number of hydrogen-bond donors (Lipinski definition) is 0. The van der Waals surface area contributed by atoms with E-state index in [0.717, 1.165) is 37.4 Å². The normalized spacial score (nSPS) is 19.7. The molecular weight excluding hydrogens is 615 g/mol. The number of fused-ring (bicyclic) bond motifs is 2. The molecular formula is C36H44BClF4N2O2. The van der Waals surface area contributed by atoms with Crippen LogP contribution in [0.3, 0.4) is 0 Å². The van der Waals surface area contributed by atoms with E-state index >= 15 is 0 Å². The van der Waals surface area contributed by atoms with Crippen molar-refractivity contribution >= 4 is 36.2 Å². The molecule has 0 amide bonds. The average Bonchev–Trinajstić information content (AvgIpc) is 3.35. The van der Waals surface area contributed by atoms with Crippen molar-refractivity contribution < 1.29 is 31.7 Å². The summed E-state index contributed by atoms with van der Waals surface area (Å²) in [5.41, 5.74) is 10.0. The fourth-order valence-corrected chi connectivity index (χ4v) is 7.01. The summed E-state index contributed by atoms with van der Waals surface area (Å²) >= 11 is 7.13. The molecule has 2 aromatic carbocycles. The number of anilines is 1. The first kappa shape index (κ1) is 37.3. The highest BCUT2D eigenvalue weighted by molar-refractivity contribution is 6.33. The van der Waals surface area contributed by atoms with Crippen LogP contribution in [0.25, 0.3) is 0 Å². The van der Waals surface area contributed by atoms with Crippen molar-refractivity contribution in [2.45, 2.75) is 57.8 Å². The molecule has 0 atom stereocenters. The zero-order chi connectivity index (χ0) is 32.8. The number of hydrogen-bond acceptors (Lipinski definition) is 3. The van der Waals surface area contributed by atoms with Gasteiger partial charge in [-0.3, -0.25) is 12.9 Å². The van der Waals surface area contributed by atoms with E-state index in [2.05, 4.69) is 110 Å². The summed E-state index contributed by atoms with van der Waals surface area (Å²) in [5, 5.41) is 0.887. The van der Waals surface area contributed by atoms with Gasteiger partial charge in [-0.25, -0.2) is 0 Å². The topological polar surface area (TPSA) is 24.7 Å². The Balaban J connectivity index is 0.00000109. The molecule has 0 fully saturated rings. The van der Waals surface area contributed by atoms with Crippen molar-refractivity contribution in [3.63, 3.8) is 0 Å². The van der Waals surface area contributed by atoms with Crippen LogP contribution in [0.1, 0.15) is 58.1 Å². The van der Waals surface area contributed by atoms with Crippen molar-refractivity contribution in [1.82, 2.24) is 0 Å². The van der Waals surface area contributed by atoms with Crippen molar-refractivity contribution in [3.05, 3.63) is 106 Å². The van der Waals surface area contributed by atoms with Gasteiger partial charge in [-0.1, -0.05) is 74.0 Å². The molecule has 0 bridgehead atoms. The predicted molar refractivity (Wildman–Crippen MR) is 181 cm³/mol. The summed E-state index contributed by atoms with van der Waals surface area (Å²) < 4.78 is 42.3. The third kappa shape index (κ3) is 7.87. The molecule has 4 nitrogen and oxygen atoms in total. The van der Waals surface area contributed by atoms with E-state index < -0.39 is 7.54 Å². The molecule has 2 heterocycles. The van der Waals surface area contributed by atoms with Crippen LogP contribution in [0.15, 0.2) is 94.7 Å². The summed E-state index contributed by atoms with van der Waals surface area (Å²) in [4.78, 5) is 2.40. The van der Waals surface area contributed by atoms with Crippen LogP contribution in [0.4, 0.5) is 24.3 Å². The molecule has 0 radical (unpaired) electrons. The molecule has 2 aliphatic heterocycles. The second kappa shape index (κ2) is 16.1. The first-order valence-electron chi connectivity index (χ1n) is 15.4. The zero-order valence-electron chi connectivity index (χ0n) is 27.6. The molecule has 46 heavy (non-hydrogen) atoms. The van der Waals surface area contributed by atoms with Gasteiger partial charge in [-0.2, -0.15) is 4.58 Å². The quantitative estimate of drug-likeness (QED) is 0.186. The second-order valence-electron chi connectivity index (χ2n) is 12.5. The number of allylic oxidation sites excluding steroid dienone is 8. The van der Waals surface area contributed by atoms with Crippen LogP contribution < -0.4 is 9.60 Å². The minimum atomic E-state index is -3.67. The number of benzene rings is 2. The highest BCUT2D eigenvalue weighted by Gasteiger charge is 2.44. The molecule has 0 saturated carbocycles. The number of rotatable bonds is 9. The Labute approximate surface area is 276 Å². The lowest BCUT2D eigenvalue weighted by atomic mass is 9.81. The molecule has 0 aromatic heterocycles. The van der Waals surface area contributed by atoms with Gasteiger partial charge in [-0.05, 0) is 62.0 Å². The highest BCUT2D eigenvalue weighted by Crippen LogP contribution is 2.48. The minimum absolute atomic E-state index is 0. The van der Waals surface area contributed by atoms with Crippen LogP contribution in [0, 0.1) is 0 Å². The molecule has 0 saturated heterocycles. The van der Waals surface area contributed by atoms with Crippen LogP contribution in [-0.4, -0.2) is 58.4 Å². The monoisotopic (exact) mass is 658 g/mol. The van der Waals surface area contributed by atoms with Crippen LogP contribution >= 0.6 is 11.6 Å². The first-order valence-corrected chi connectivity index (χ1v) is 15.8. The summed E-state index contributed by atoms with van der Waals surface area (Å²) in [6.07, 6.45) is 12.2. The van der Waals surface area contributed by atoms with E-state index in [1.165, 1.54) is 45.1 Å². The third-order valence-corrected chi connectivity index (χ3v) is 9.46. The van der Waals surface area contributed by atoms with E-state index in [1.54, 1.807) is 14.2 Å². The van der Waals surface area contributed by atoms with Crippen molar-refractivity contribution in [2.24, 2.45) is 0 Å². The van der Waals surface area contributed by atoms with Gasteiger partial charge in [0.2, 0.25) is 5.69 Å². The van der Waals surface area contributed by atoms with E-state index in [1.807, 2.05) is 0 Å². The Bertz CT molecular complexity index is 1530. The van der Waals surface area contributed by atoms with Crippen LogP contribution in [0.2, 0.25) is 0 Å². The largest absolute Gasteiger partial charge is 1.00 e. The molecule has 0 unspecified atom stereocenters. The van der Waals surface area contributed by atoms with E-state index in [9.17, 15) is 12.9 Å². The third-order valence-electron chi connectivity index (χ3n) is 8.98. The molecule has 10 heteroatoms. The van der Waals surface area contributed by atoms with Gasteiger partial charge >= 0.3 is 7.54 Å². The Morgan fingerprint density at radius 2 is 1.50 bits per heavy atom. The number of para-hydroxylation sites is 2. The molecule has 248 valence electrons. The van der Waals surface area contributed by atoms with E-state index in [4.69, 9.17) is 21.1 Å². The number of ether oxygens (including phenoxy) is 2. The maximum Gasteiger partial charge on any atom is 0.762 e. The summed E-state index contributed by atoms with van der Waals surface area (Å²) in [6.45, 7) is 12.2. The van der Waals surface area contributed by atoms with Gasteiger partial charge in [0.1, 0.15) is 6.61 Å². The van der Waals surface area contributed by atoms with Crippen molar-refractivity contribution in [2.75, 3.05) is 45.4 Å². The van der Waals surface area contributed by atoms with Crippen LogP contribution in [0.5, 0.6) is 0 Å². The first-order chi connectivity index (χ1) is 21.4. The lowest BCUT2D eigenvalue weighted by molar-refractivity contribution is -0.441. The summed E-state index contributed by atoms with van der Waals surface area (Å²) in [5.74, 6) is 0. The Kier molecular flexibility index (Phi) is 13.1.